The fourth-order valence-corrected chi connectivity index (χ4v) is 3.64. The predicted molar refractivity (Wildman–Crippen MR) is 85.0 cm³/mol. The van der Waals surface area contributed by atoms with E-state index < -0.39 is 44.9 Å². The summed E-state index contributed by atoms with van der Waals surface area (Å²) in [6.45, 7) is -0.872. The molecule has 0 spiro atoms. The van der Waals surface area contributed by atoms with Gasteiger partial charge in [0, 0.05) is 6.07 Å². The summed E-state index contributed by atoms with van der Waals surface area (Å²) in [6, 6.07) is 7.11. The molecule has 0 fully saturated rings. The smallest absolute Gasteiger partial charge is 0.267 e. The lowest BCUT2D eigenvalue weighted by Gasteiger charge is -2.25. The van der Waals surface area contributed by atoms with Crippen molar-refractivity contribution in [3.05, 3.63) is 59.7 Å². The van der Waals surface area contributed by atoms with E-state index in [4.69, 9.17) is 11.5 Å². The second-order valence-electron chi connectivity index (χ2n) is 4.93. The second-order valence-corrected chi connectivity index (χ2v) is 6.76. The van der Waals surface area contributed by atoms with Crippen LogP contribution in [-0.4, -0.2) is 26.8 Å². The Kier molecular flexibility index (Phi) is 5.02. The largest absolute Gasteiger partial charge is 0.368 e. The molecule has 0 heterocycles. The van der Waals surface area contributed by atoms with Crippen molar-refractivity contribution in [3.63, 3.8) is 0 Å². The first kappa shape index (κ1) is 18.3. The molecule has 0 bridgehead atoms. The van der Waals surface area contributed by atoms with E-state index in [0.29, 0.717) is 16.4 Å². The number of sulfonamides is 1. The normalized spacial score (nSPS) is 11.1. The third kappa shape index (κ3) is 3.74. The lowest BCUT2D eigenvalue weighted by Crippen LogP contribution is -2.40. The van der Waals surface area contributed by atoms with Crippen LogP contribution in [0.5, 0.6) is 0 Å². The van der Waals surface area contributed by atoms with Gasteiger partial charge in [-0.2, -0.15) is 0 Å². The molecule has 0 radical (unpaired) electrons. The maximum Gasteiger partial charge on any atom is 0.267 e. The molecule has 2 aromatic carbocycles. The average molecular weight is 369 g/mol. The number of carbonyl (C=O) groups is 2. The highest BCUT2D eigenvalue weighted by atomic mass is 32.2. The molecule has 0 aromatic heterocycles. The Morgan fingerprint density at radius 1 is 1.04 bits per heavy atom. The van der Waals surface area contributed by atoms with Crippen LogP contribution in [-0.2, 0) is 14.8 Å². The molecule has 4 N–H and O–H groups in total. The highest BCUT2D eigenvalue weighted by Gasteiger charge is 2.31. The number of rotatable bonds is 6. The van der Waals surface area contributed by atoms with Crippen LogP contribution in [0.3, 0.4) is 0 Å². The number of amides is 2. The van der Waals surface area contributed by atoms with E-state index in [9.17, 15) is 26.8 Å². The second kappa shape index (κ2) is 6.85. The third-order valence-electron chi connectivity index (χ3n) is 3.20. The number of para-hydroxylation sites is 1. The Labute approximate surface area is 141 Å². The molecule has 7 nitrogen and oxygen atoms in total. The summed E-state index contributed by atoms with van der Waals surface area (Å²) in [5, 5.41) is 0. The molecule has 0 saturated carbocycles. The van der Waals surface area contributed by atoms with E-state index >= 15 is 0 Å². The van der Waals surface area contributed by atoms with Crippen molar-refractivity contribution >= 4 is 27.5 Å². The van der Waals surface area contributed by atoms with Crippen LogP contribution in [0.2, 0.25) is 0 Å². The maximum absolute atomic E-state index is 14.0. The molecular weight excluding hydrogens is 356 g/mol. The van der Waals surface area contributed by atoms with Crippen LogP contribution in [0.25, 0.3) is 0 Å². The zero-order valence-corrected chi connectivity index (χ0v) is 13.5. The van der Waals surface area contributed by atoms with Crippen molar-refractivity contribution < 1.29 is 26.8 Å². The summed E-state index contributed by atoms with van der Waals surface area (Å²) < 4.78 is 53.0. The standard InChI is InChI=1S/C15H13F2N3O4S/c16-9-5-6-13(11(17)7-9)25(23,24)20(8-14(18)21)12-4-2-1-3-10(12)15(19)22/h1-7H,8H2,(H2,18,21)(H2,19,22). The van der Waals surface area contributed by atoms with E-state index in [0.717, 1.165) is 6.07 Å². The summed E-state index contributed by atoms with van der Waals surface area (Å²) in [4.78, 5) is 22.0. The van der Waals surface area contributed by atoms with E-state index in [2.05, 4.69) is 0 Å². The number of hydrogen-bond acceptors (Lipinski definition) is 4. The highest BCUT2D eigenvalue weighted by molar-refractivity contribution is 7.92. The minimum absolute atomic E-state index is 0.213. The zero-order chi connectivity index (χ0) is 18.8. The van der Waals surface area contributed by atoms with Crippen molar-refractivity contribution in [2.45, 2.75) is 4.90 Å². The average Bonchev–Trinajstić information content (AvgIpc) is 2.51. The minimum Gasteiger partial charge on any atom is -0.368 e. The predicted octanol–water partition coefficient (Wildman–Crippen LogP) is 0.744. The first-order chi connectivity index (χ1) is 11.6. The minimum atomic E-state index is -4.67. The number of nitrogens with two attached hydrogens (primary N) is 2. The number of halogens is 2. The van der Waals surface area contributed by atoms with Gasteiger partial charge in [-0.15, -0.1) is 0 Å². The Morgan fingerprint density at radius 2 is 1.68 bits per heavy atom. The Balaban J connectivity index is 2.70. The zero-order valence-electron chi connectivity index (χ0n) is 12.6. The fourth-order valence-electron chi connectivity index (χ4n) is 2.14. The Hall–Kier alpha value is -3.01. The number of nitrogens with zero attached hydrogens (tertiary/aromatic N) is 1. The summed E-state index contributed by atoms with van der Waals surface area (Å²) in [5.41, 5.74) is 9.83. The number of benzene rings is 2. The summed E-state index contributed by atoms with van der Waals surface area (Å²) in [7, 11) is -4.67. The fraction of sp³-hybridized carbons (Fsp3) is 0.0667. The van der Waals surface area contributed by atoms with E-state index in [1.165, 1.54) is 24.3 Å². The Bertz CT molecular complexity index is 948. The number of anilines is 1. The van der Waals surface area contributed by atoms with Gasteiger partial charge >= 0.3 is 0 Å². The number of hydrogen-bond donors (Lipinski definition) is 2. The van der Waals surface area contributed by atoms with Gasteiger partial charge < -0.3 is 11.5 Å². The van der Waals surface area contributed by atoms with Crippen LogP contribution in [0.4, 0.5) is 14.5 Å². The molecule has 2 amide bonds. The van der Waals surface area contributed by atoms with Gasteiger partial charge in [-0.25, -0.2) is 17.2 Å². The summed E-state index contributed by atoms with van der Waals surface area (Å²) in [6.07, 6.45) is 0. The molecule has 0 aliphatic heterocycles. The van der Waals surface area contributed by atoms with Gasteiger partial charge in [0.15, 0.2) is 0 Å². The van der Waals surface area contributed by atoms with Gasteiger partial charge in [0.25, 0.3) is 15.9 Å². The van der Waals surface area contributed by atoms with Gasteiger partial charge in [0.05, 0.1) is 11.3 Å². The quantitative estimate of drug-likeness (QED) is 0.779. The van der Waals surface area contributed by atoms with Crippen molar-refractivity contribution in [2.24, 2.45) is 11.5 Å². The van der Waals surface area contributed by atoms with Gasteiger partial charge in [-0.1, -0.05) is 12.1 Å². The van der Waals surface area contributed by atoms with Crippen LogP contribution in [0.1, 0.15) is 10.4 Å². The third-order valence-corrected chi connectivity index (χ3v) is 4.99. The van der Waals surface area contributed by atoms with Crippen LogP contribution >= 0.6 is 0 Å². The molecule has 132 valence electrons. The van der Waals surface area contributed by atoms with Crippen LogP contribution < -0.4 is 15.8 Å². The van der Waals surface area contributed by atoms with Crippen molar-refractivity contribution in [1.82, 2.24) is 0 Å². The van der Waals surface area contributed by atoms with Crippen molar-refractivity contribution in [3.8, 4) is 0 Å². The molecule has 0 unspecified atom stereocenters. The molecule has 2 rings (SSSR count). The molecule has 25 heavy (non-hydrogen) atoms. The van der Waals surface area contributed by atoms with Crippen molar-refractivity contribution in [1.29, 1.82) is 0 Å². The van der Waals surface area contributed by atoms with Gasteiger partial charge in [0.1, 0.15) is 23.1 Å². The SMILES string of the molecule is NC(=O)CN(c1ccccc1C(N)=O)S(=O)(=O)c1ccc(F)cc1F. The van der Waals surface area contributed by atoms with E-state index in [-0.39, 0.29) is 11.3 Å². The number of primary amides is 2. The van der Waals surface area contributed by atoms with Crippen LogP contribution in [0.15, 0.2) is 47.4 Å². The molecule has 2 aromatic rings. The molecule has 0 aliphatic carbocycles. The van der Waals surface area contributed by atoms with Crippen molar-refractivity contribution in [2.75, 3.05) is 10.8 Å². The molecular formula is C15H13F2N3O4S. The summed E-state index contributed by atoms with van der Waals surface area (Å²) >= 11 is 0. The van der Waals surface area contributed by atoms with Gasteiger partial charge in [-0.05, 0) is 24.3 Å². The topological polar surface area (TPSA) is 124 Å². The van der Waals surface area contributed by atoms with Crippen LogP contribution in [0, 0.1) is 11.6 Å². The van der Waals surface area contributed by atoms with E-state index in [1.54, 1.807) is 0 Å². The highest BCUT2D eigenvalue weighted by Crippen LogP contribution is 2.28. The lowest BCUT2D eigenvalue weighted by molar-refractivity contribution is -0.116. The molecule has 10 heteroatoms. The lowest BCUT2D eigenvalue weighted by atomic mass is 10.1. The molecule has 0 aliphatic rings. The van der Waals surface area contributed by atoms with Gasteiger partial charge in [0.2, 0.25) is 5.91 Å². The first-order valence-corrected chi connectivity index (χ1v) is 8.23. The monoisotopic (exact) mass is 369 g/mol. The molecule has 0 saturated heterocycles. The first-order valence-electron chi connectivity index (χ1n) is 6.79. The van der Waals surface area contributed by atoms with E-state index in [1.807, 2.05) is 0 Å². The Morgan fingerprint density at radius 3 is 2.24 bits per heavy atom. The molecule has 0 atom stereocenters. The van der Waals surface area contributed by atoms with Gasteiger partial charge in [-0.3, -0.25) is 13.9 Å². The number of carbonyl (C=O) groups excluding carboxylic acids is 2. The maximum atomic E-state index is 14.0. The summed E-state index contributed by atoms with van der Waals surface area (Å²) in [5.74, 6) is -4.34.